The third-order valence-corrected chi connectivity index (χ3v) is 12.7. The first kappa shape index (κ1) is 35.6. The van der Waals surface area contributed by atoms with Gasteiger partial charge in [-0.05, 0) is 97.8 Å². The third kappa shape index (κ3) is 4.74. The zero-order valence-corrected chi connectivity index (χ0v) is 36.0. The van der Waals surface area contributed by atoms with Crippen molar-refractivity contribution >= 4 is 57.2 Å². The fourth-order valence-electron chi connectivity index (χ4n) is 9.50. The topological polar surface area (TPSA) is 34.2 Å². The highest BCUT2D eigenvalue weighted by Crippen LogP contribution is 2.62. The highest BCUT2D eigenvalue weighted by molar-refractivity contribution is 7.02. The van der Waals surface area contributed by atoms with Crippen molar-refractivity contribution in [3.8, 4) is 34.5 Å². The highest BCUT2D eigenvalue weighted by atomic mass is 16.5. The maximum absolute atomic E-state index is 7.28. The fourth-order valence-corrected chi connectivity index (χ4v) is 9.50. The van der Waals surface area contributed by atoms with Crippen LogP contribution in [-0.4, -0.2) is 6.71 Å². The number of hydrogen-bond acceptors (Lipinski definition) is 5. The molecule has 0 spiro atoms. The lowest BCUT2D eigenvalue weighted by Gasteiger charge is -2.51. The predicted molar refractivity (Wildman–Crippen MR) is 234 cm³/mol. The second kappa shape index (κ2) is 10.6. The van der Waals surface area contributed by atoms with E-state index < -0.39 is 0 Å². The maximum Gasteiger partial charge on any atom is 0.262 e. The Morgan fingerprint density at radius 1 is 0.375 bits per heavy atom. The first-order valence-corrected chi connectivity index (χ1v) is 20.5. The summed E-state index contributed by atoms with van der Waals surface area (Å²) in [4.78, 5) is 5.04. The molecule has 0 bridgehead atoms. The zero-order chi connectivity index (χ0) is 40.0. The lowest BCUT2D eigenvalue weighted by atomic mass is 9.32. The molecule has 0 aliphatic carbocycles. The summed E-state index contributed by atoms with van der Waals surface area (Å²) in [7, 11) is 0. The molecule has 0 amide bonds. The average molecular weight is 743 g/mol. The van der Waals surface area contributed by atoms with Gasteiger partial charge in [-0.15, -0.1) is 0 Å². The molecule has 0 unspecified atom stereocenters. The van der Waals surface area contributed by atoms with E-state index >= 15 is 0 Å². The molecule has 0 N–H and O–H groups in total. The van der Waals surface area contributed by atoms with E-state index in [0.29, 0.717) is 0 Å². The van der Waals surface area contributed by atoms with Gasteiger partial charge in [-0.2, -0.15) is 0 Å². The van der Waals surface area contributed by atoms with E-state index in [-0.39, 0.29) is 33.8 Å². The van der Waals surface area contributed by atoms with Gasteiger partial charge in [0.15, 0.2) is 23.0 Å². The third-order valence-electron chi connectivity index (χ3n) is 12.7. The first-order valence-electron chi connectivity index (χ1n) is 20.5. The lowest BCUT2D eigenvalue weighted by Crippen LogP contribution is -2.64. The summed E-state index contributed by atoms with van der Waals surface area (Å²) in [5.74, 6) is 5.45. The van der Waals surface area contributed by atoms with Gasteiger partial charge in [0.1, 0.15) is 11.5 Å². The van der Waals surface area contributed by atoms with Crippen LogP contribution in [0.2, 0.25) is 0 Å². The number of ether oxygens (including phenoxy) is 3. The average Bonchev–Trinajstić information content (AvgIpc) is 3.08. The Balaban J connectivity index is 1.38. The molecular formula is C50H55BN2O3. The maximum atomic E-state index is 7.28. The van der Waals surface area contributed by atoms with Gasteiger partial charge in [0.2, 0.25) is 0 Å². The van der Waals surface area contributed by atoms with Crippen molar-refractivity contribution in [1.29, 1.82) is 0 Å². The summed E-state index contributed by atoms with van der Waals surface area (Å²) in [6.45, 7) is 34.2. The van der Waals surface area contributed by atoms with Crippen molar-refractivity contribution in [1.82, 2.24) is 0 Å². The van der Waals surface area contributed by atoms with Gasteiger partial charge < -0.3 is 24.0 Å². The van der Waals surface area contributed by atoms with Gasteiger partial charge in [0, 0.05) is 33.4 Å². The molecule has 5 aromatic rings. The van der Waals surface area contributed by atoms with Crippen LogP contribution in [0.15, 0.2) is 60.7 Å². The highest BCUT2D eigenvalue weighted by Gasteiger charge is 2.54. The molecule has 5 aromatic carbocycles. The molecule has 5 aliphatic rings. The summed E-state index contributed by atoms with van der Waals surface area (Å²) >= 11 is 0. The molecule has 286 valence electrons. The molecule has 0 radical (unpaired) electrons. The van der Waals surface area contributed by atoms with E-state index in [1.165, 1.54) is 44.5 Å². The van der Waals surface area contributed by atoms with E-state index in [9.17, 15) is 0 Å². The summed E-state index contributed by atoms with van der Waals surface area (Å²) in [5.41, 5.74) is 15.8. The van der Waals surface area contributed by atoms with Gasteiger partial charge in [0.25, 0.3) is 6.71 Å². The minimum absolute atomic E-state index is 0.0339. The number of rotatable bonds is 0. The number of anilines is 6. The minimum atomic E-state index is -0.215. The van der Waals surface area contributed by atoms with Crippen LogP contribution in [-0.2, 0) is 27.1 Å². The van der Waals surface area contributed by atoms with E-state index in [1.54, 1.807) is 0 Å². The summed E-state index contributed by atoms with van der Waals surface area (Å²) in [6.07, 6.45) is 0. The van der Waals surface area contributed by atoms with Crippen molar-refractivity contribution in [3.63, 3.8) is 0 Å². The van der Waals surface area contributed by atoms with Gasteiger partial charge in [-0.1, -0.05) is 116 Å². The molecule has 5 aliphatic heterocycles. The van der Waals surface area contributed by atoms with Crippen LogP contribution in [0, 0.1) is 0 Å². The van der Waals surface area contributed by atoms with E-state index in [0.717, 1.165) is 68.4 Å². The van der Waals surface area contributed by atoms with Crippen molar-refractivity contribution in [3.05, 3.63) is 88.5 Å². The number of hydrogen-bond donors (Lipinski definition) is 0. The minimum Gasteiger partial charge on any atom is -0.458 e. The monoisotopic (exact) mass is 742 g/mol. The Morgan fingerprint density at radius 2 is 0.768 bits per heavy atom. The van der Waals surface area contributed by atoms with Crippen molar-refractivity contribution in [2.45, 2.75) is 131 Å². The second-order valence-corrected chi connectivity index (χ2v) is 22.0. The second-order valence-electron chi connectivity index (χ2n) is 22.0. The number of nitrogens with zero attached hydrogens (tertiary/aromatic N) is 2. The molecule has 0 atom stereocenters. The largest absolute Gasteiger partial charge is 0.458 e. The molecule has 5 heterocycles. The van der Waals surface area contributed by atoms with Crippen molar-refractivity contribution in [2.24, 2.45) is 0 Å². The van der Waals surface area contributed by atoms with Crippen LogP contribution < -0.4 is 40.4 Å². The molecular weight excluding hydrogens is 687 g/mol. The normalized spacial score (nSPS) is 15.7. The Labute approximate surface area is 334 Å². The van der Waals surface area contributed by atoms with Crippen LogP contribution in [0.4, 0.5) is 34.1 Å². The molecule has 10 rings (SSSR count). The van der Waals surface area contributed by atoms with Crippen LogP contribution in [0.5, 0.6) is 34.5 Å². The molecule has 0 saturated carbocycles. The van der Waals surface area contributed by atoms with Crippen molar-refractivity contribution < 1.29 is 14.2 Å². The molecule has 5 nitrogen and oxygen atoms in total. The molecule has 56 heavy (non-hydrogen) atoms. The smallest absolute Gasteiger partial charge is 0.262 e. The number of fused-ring (bicyclic) bond motifs is 6. The molecule has 0 saturated heterocycles. The Hall–Kier alpha value is -4.84. The van der Waals surface area contributed by atoms with Crippen molar-refractivity contribution in [2.75, 3.05) is 9.80 Å². The number of benzene rings is 5. The van der Waals surface area contributed by atoms with E-state index in [1.807, 2.05) is 0 Å². The summed E-state index contributed by atoms with van der Waals surface area (Å²) in [5, 5.41) is 0. The Kier molecular flexibility index (Phi) is 6.71. The standard InChI is InChI=1S/C50H55BN2O3/c1-46(2,3)26-16-18-31-35(22-26)55-44-29(49(10,11)12)24-37-40-42(44)52(31)33-20-28(48(7,8)9)21-34-39(33)51(40)41-38(54-37)25-30(50(13,14)15)45-43(41)53(34)32-19-17-27(47(4,5)6)23-36(32)56-45/h16-25H,1-15H3. The van der Waals surface area contributed by atoms with E-state index in [4.69, 9.17) is 14.2 Å². The van der Waals surface area contributed by atoms with Crippen LogP contribution in [0.3, 0.4) is 0 Å². The quantitative estimate of drug-likeness (QED) is 0.145. The lowest BCUT2D eigenvalue weighted by molar-refractivity contribution is 0.434. The summed E-state index contributed by atoms with van der Waals surface area (Å²) in [6, 6.07) is 23.2. The van der Waals surface area contributed by atoms with Gasteiger partial charge in [-0.3, -0.25) is 0 Å². The summed E-state index contributed by atoms with van der Waals surface area (Å²) < 4.78 is 21.7. The van der Waals surface area contributed by atoms with Gasteiger partial charge in [0.05, 0.1) is 22.7 Å². The van der Waals surface area contributed by atoms with Crippen LogP contribution in [0.25, 0.3) is 0 Å². The first-order chi connectivity index (χ1) is 25.9. The zero-order valence-electron chi connectivity index (χ0n) is 36.0. The van der Waals surface area contributed by atoms with E-state index in [2.05, 4.69) is 174 Å². The predicted octanol–water partition coefficient (Wildman–Crippen LogP) is 12.6. The Morgan fingerprint density at radius 3 is 1.12 bits per heavy atom. The molecule has 0 fully saturated rings. The fraction of sp³-hybridized carbons (Fsp3) is 0.400. The SMILES string of the molecule is CC(C)(C)c1ccc2c(c1)Oc1c(C(C)(C)C)cc3c4c1N2c1cc(C(C)(C)C)cc2c1B4c1c(cc(C(C)(C)C)c4c1N2c1ccc(C(C)(C)C)cc1O4)O3. The van der Waals surface area contributed by atoms with Crippen LogP contribution in [0.1, 0.15) is 132 Å². The van der Waals surface area contributed by atoms with Gasteiger partial charge in [-0.25, -0.2) is 0 Å². The molecule has 6 heteroatoms. The van der Waals surface area contributed by atoms with Gasteiger partial charge >= 0.3 is 0 Å². The molecule has 0 aromatic heterocycles. The Bertz CT molecular complexity index is 2430. The van der Waals surface area contributed by atoms with Crippen LogP contribution >= 0.6 is 0 Å².